The van der Waals surface area contributed by atoms with E-state index < -0.39 is 0 Å². The fourth-order valence-electron chi connectivity index (χ4n) is 3.01. The molecule has 0 aliphatic carbocycles. The Morgan fingerprint density at radius 3 is 2.96 bits per heavy atom. The Hall–Kier alpha value is -2.18. The predicted octanol–water partition coefficient (Wildman–Crippen LogP) is 3.48. The number of hydrogen-bond acceptors (Lipinski definition) is 3. The first-order valence-electron chi connectivity index (χ1n) is 7.95. The minimum atomic E-state index is 0.829. The number of aromatic nitrogens is 4. The van der Waals surface area contributed by atoms with Crippen molar-refractivity contribution in [3.63, 3.8) is 0 Å². The van der Waals surface area contributed by atoms with E-state index in [1.54, 1.807) is 4.68 Å². The van der Waals surface area contributed by atoms with Crippen molar-refractivity contribution in [3.05, 3.63) is 58.7 Å². The average Bonchev–Trinajstić information content (AvgIpc) is 3.17. The van der Waals surface area contributed by atoms with Gasteiger partial charge in [0.25, 0.3) is 0 Å². The highest BCUT2D eigenvalue weighted by Gasteiger charge is 2.04. The largest absolute Gasteiger partial charge is 0.346 e. The smallest absolute Gasteiger partial charge is 0.113 e. The molecule has 0 spiro atoms. The molecule has 0 aliphatic heterocycles. The van der Waals surface area contributed by atoms with Crippen LogP contribution in [0, 0.1) is 0 Å². The maximum Gasteiger partial charge on any atom is 0.113 e. The van der Waals surface area contributed by atoms with Gasteiger partial charge in [0.05, 0.1) is 5.52 Å². The first-order valence-corrected chi connectivity index (χ1v) is 8.74. The molecule has 4 rings (SSSR count). The predicted molar refractivity (Wildman–Crippen MR) is 99.9 cm³/mol. The Balaban J connectivity index is 1.39. The summed E-state index contributed by atoms with van der Waals surface area (Å²) in [6.07, 6.45) is 2.14. The molecule has 4 aromatic rings. The van der Waals surface area contributed by atoms with E-state index >= 15 is 0 Å². The number of fused-ring (bicyclic) bond motifs is 2. The molecule has 122 valence electrons. The molecule has 0 unspecified atom stereocenters. The Bertz CT molecular complexity index is 1000. The van der Waals surface area contributed by atoms with Crippen molar-refractivity contribution in [2.24, 2.45) is 7.05 Å². The van der Waals surface area contributed by atoms with E-state index in [9.17, 15) is 0 Å². The maximum absolute atomic E-state index is 4.17. The Labute approximate surface area is 148 Å². The highest BCUT2D eigenvalue weighted by molar-refractivity contribution is 9.10. The van der Waals surface area contributed by atoms with E-state index in [4.69, 9.17) is 0 Å². The van der Waals surface area contributed by atoms with Crippen LogP contribution in [0.15, 0.2) is 53.1 Å². The van der Waals surface area contributed by atoms with E-state index in [1.165, 1.54) is 16.5 Å². The summed E-state index contributed by atoms with van der Waals surface area (Å²) in [5, 5.41) is 13.0. The average molecular weight is 384 g/mol. The third-order valence-corrected chi connectivity index (χ3v) is 4.99. The number of aryl methyl sites for hydroxylation is 1. The highest BCUT2D eigenvalue weighted by atomic mass is 79.9. The van der Waals surface area contributed by atoms with Crippen LogP contribution in [0.4, 0.5) is 0 Å². The van der Waals surface area contributed by atoms with Crippen molar-refractivity contribution in [1.82, 2.24) is 24.9 Å². The standard InChI is InChI=1S/C18H18BrN5/c1-23-18-6-5-13(11-16(18)21-22-23)12-20-8-10-24-9-7-14-15(19)3-2-4-17(14)24/h2-7,9,11,20H,8,10,12H2,1H3. The minimum Gasteiger partial charge on any atom is -0.346 e. The lowest BCUT2D eigenvalue weighted by molar-refractivity contribution is 0.609. The fourth-order valence-corrected chi connectivity index (χ4v) is 3.50. The molecule has 0 amide bonds. The topological polar surface area (TPSA) is 47.7 Å². The van der Waals surface area contributed by atoms with Crippen molar-refractivity contribution in [3.8, 4) is 0 Å². The van der Waals surface area contributed by atoms with Gasteiger partial charge in [0, 0.05) is 48.3 Å². The van der Waals surface area contributed by atoms with Crippen LogP contribution in [0.5, 0.6) is 0 Å². The molecule has 0 fully saturated rings. The molecule has 24 heavy (non-hydrogen) atoms. The monoisotopic (exact) mass is 383 g/mol. The van der Waals surface area contributed by atoms with Crippen molar-refractivity contribution in [2.75, 3.05) is 6.54 Å². The first-order chi connectivity index (χ1) is 11.7. The molecule has 0 saturated carbocycles. The van der Waals surface area contributed by atoms with Gasteiger partial charge in [0.15, 0.2) is 0 Å². The van der Waals surface area contributed by atoms with E-state index in [1.807, 2.05) is 7.05 Å². The van der Waals surface area contributed by atoms with Gasteiger partial charge in [-0.2, -0.15) is 0 Å². The number of rotatable bonds is 5. The Kier molecular flexibility index (Phi) is 4.08. The van der Waals surface area contributed by atoms with Crippen LogP contribution in [0.25, 0.3) is 21.9 Å². The van der Waals surface area contributed by atoms with Crippen molar-refractivity contribution in [1.29, 1.82) is 0 Å². The number of nitrogens with zero attached hydrogens (tertiary/aromatic N) is 4. The molecule has 6 heteroatoms. The first kappa shape index (κ1) is 15.4. The number of benzene rings is 2. The second kappa shape index (κ2) is 6.37. The van der Waals surface area contributed by atoms with Crippen LogP contribution in [-0.4, -0.2) is 26.1 Å². The SMILES string of the molecule is Cn1nnc2cc(CNCCn3ccc4c(Br)cccc43)ccc21. The highest BCUT2D eigenvalue weighted by Crippen LogP contribution is 2.24. The van der Waals surface area contributed by atoms with Crippen LogP contribution < -0.4 is 5.32 Å². The zero-order chi connectivity index (χ0) is 16.5. The third-order valence-electron chi connectivity index (χ3n) is 4.29. The molecule has 0 radical (unpaired) electrons. The minimum absolute atomic E-state index is 0.829. The lowest BCUT2D eigenvalue weighted by Gasteiger charge is -2.08. The molecule has 2 aromatic heterocycles. The molecule has 0 bridgehead atoms. The van der Waals surface area contributed by atoms with Gasteiger partial charge in [0.1, 0.15) is 5.52 Å². The van der Waals surface area contributed by atoms with Gasteiger partial charge in [-0.15, -0.1) is 5.10 Å². The van der Waals surface area contributed by atoms with Gasteiger partial charge in [0.2, 0.25) is 0 Å². The van der Waals surface area contributed by atoms with Crippen molar-refractivity contribution < 1.29 is 0 Å². The molecule has 2 heterocycles. The van der Waals surface area contributed by atoms with Crippen LogP contribution >= 0.6 is 15.9 Å². The molecular weight excluding hydrogens is 366 g/mol. The summed E-state index contributed by atoms with van der Waals surface area (Å²) in [6.45, 7) is 2.68. The van der Waals surface area contributed by atoms with Crippen LogP contribution in [-0.2, 0) is 20.1 Å². The van der Waals surface area contributed by atoms with Crippen LogP contribution in [0.1, 0.15) is 5.56 Å². The number of halogens is 1. The molecular formula is C18H18BrN5. The van der Waals surface area contributed by atoms with E-state index in [0.29, 0.717) is 0 Å². The summed E-state index contributed by atoms with van der Waals surface area (Å²) < 4.78 is 5.21. The molecule has 0 saturated heterocycles. The fraction of sp³-hybridized carbons (Fsp3) is 0.222. The van der Waals surface area contributed by atoms with Gasteiger partial charge in [-0.05, 0) is 35.9 Å². The molecule has 2 aromatic carbocycles. The summed E-state index contributed by atoms with van der Waals surface area (Å²) in [6, 6.07) is 14.8. The van der Waals surface area contributed by atoms with E-state index in [2.05, 4.69) is 84.8 Å². The van der Waals surface area contributed by atoms with Gasteiger partial charge < -0.3 is 9.88 Å². The van der Waals surface area contributed by atoms with Gasteiger partial charge >= 0.3 is 0 Å². The number of hydrogen-bond donors (Lipinski definition) is 1. The van der Waals surface area contributed by atoms with Gasteiger partial charge in [-0.1, -0.05) is 33.3 Å². The zero-order valence-electron chi connectivity index (χ0n) is 13.4. The van der Waals surface area contributed by atoms with Gasteiger partial charge in [-0.25, -0.2) is 4.68 Å². The van der Waals surface area contributed by atoms with Gasteiger partial charge in [-0.3, -0.25) is 0 Å². The molecule has 0 atom stereocenters. The molecule has 0 aliphatic rings. The summed E-state index contributed by atoms with van der Waals surface area (Å²) in [7, 11) is 1.91. The lowest BCUT2D eigenvalue weighted by atomic mass is 10.2. The second-order valence-corrected chi connectivity index (χ2v) is 6.75. The van der Waals surface area contributed by atoms with E-state index in [-0.39, 0.29) is 0 Å². The Morgan fingerprint density at radius 2 is 2.04 bits per heavy atom. The molecule has 1 N–H and O–H groups in total. The van der Waals surface area contributed by atoms with Crippen LogP contribution in [0.2, 0.25) is 0 Å². The van der Waals surface area contributed by atoms with Crippen LogP contribution in [0.3, 0.4) is 0 Å². The molecule has 5 nitrogen and oxygen atoms in total. The maximum atomic E-state index is 4.17. The summed E-state index contributed by atoms with van der Waals surface area (Å²) in [5.41, 5.74) is 4.48. The van der Waals surface area contributed by atoms with E-state index in [0.717, 1.165) is 35.1 Å². The normalized spacial score (nSPS) is 11.6. The third kappa shape index (κ3) is 2.83. The summed E-state index contributed by atoms with van der Waals surface area (Å²) in [4.78, 5) is 0. The van der Waals surface area contributed by atoms with Crippen molar-refractivity contribution >= 4 is 37.9 Å². The zero-order valence-corrected chi connectivity index (χ0v) is 15.0. The summed E-state index contributed by atoms with van der Waals surface area (Å²) >= 11 is 3.60. The Morgan fingerprint density at radius 1 is 1.12 bits per heavy atom. The summed E-state index contributed by atoms with van der Waals surface area (Å²) in [5.74, 6) is 0. The van der Waals surface area contributed by atoms with Crippen molar-refractivity contribution in [2.45, 2.75) is 13.1 Å². The lowest BCUT2D eigenvalue weighted by Crippen LogP contribution is -2.19. The quantitative estimate of drug-likeness (QED) is 0.536. The second-order valence-electron chi connectivity index (χ2n) is 5.89. The number of nitrogens with one attached hydrogen (secondary N) is 1.